The highest BCUT2D eigenvalue weighted by molar-refractivity contribution is 6.06. The van der Waals surface area contributed by atoms with E-state index in [-0.39, 0.29) is 17.2 Å². The number of anilines is 2. The molecule has 4 N–H and O–H groups in total. The lowest BCUT2D eigenvalue weighted by Gasteiger charge is -2.08. The van der Waals surface area contributed by atoms with Gasteiger partial charge in [-0.25, -0.2) is 4.98 Å². The summed E-state index contributed by atoms with van der Waals surface area (Å²) in [6.07, 6.45) is 1.46. The van der Waals surface area contributed by atoms with Crippen molar-refractivity contribution < 1.29 is 9.90 Å². The number of rotatable bonds is 2. The van der Waals surface area contributed by atoms with E-state index < -0.39 is 0 Å². The van der Waals surface area contributed by atoms with Crippen molar-refractivity contribution in [1.29, 1.82) is 0 Å². The van der Waals surface area contributed by atoms with E-state index in [0.717, 1.165) is 0 Å². The van der Waals surface area contributed by atoms with Gasteiger partial charge in [-0.1, -0.05) is 12.1 Å². The maximum atomic E-state index is 11.9. The molecule has 0 atom stereocenters. The number of nitrogens with zero attached hydrogens (tertiary/aromatic N) is 1. The van der Waals surface area contributed by atoms with Gasteiger partial charge in [-0.05, 0) is 30.7 Å². The zero-order chi connectivity index (χ0) is 13.1. The van der Waals surface area contributed by atoms with Gasteiger partial charge in [-0.15, -0.1) is 0 Å². The summed E-state index contributed by atoms with van der Waals surface area (Å²) in [5.74, 6) is -0.0208. The first-order valence-corrected chi connectivity index (χ1v) is 5.39. The Labute approximate surface area is 104 Å². The van der Waals surface area contributed by atoms with Crippen molar-refractivity contribution in [3.8, 4) is 5.75 Å². The van der Waals surface area contributed by atoms with Gasteiger partial charge in [0.25, 0.3) is 5.91 Å². The molecular weight excluding hydrogens is 230 g/mol. The number of aromatic nitrogens is 1. The molecule has 0 saturated heterocycles. The zero-order valence-corrected chi connectivity index (χ0v) is 9.84. The SMILES string of the molecule is Cc1cccc(C(=O)Nc2ccc(N)nc2)c1O. The molecule has 2 rings (SSSR count). The first-order chi connectivity index (χ1) is 8.58. The second-order valence-electron chi connectivity index (χ2n) is 3.90. The van der Waals surface area contributed by atoms with E-state index in [4.69, 9.17) is 5.73 Å². The van der Waals surface area contributed by atoms with Crippen LogP contribution in [0, 0.1) is 6.92 Å². The minimum absolute atomic E-state index is 0.0154. The number of para-hydroxylation sites is 1. The molecule has 0 aliphatic heterocycles. The van der Waals surface area contributed by atoms with Crippen LogP contribution in [0.1, 0.15) is 15.9 Å². The van der Waals surface area contributed by atoms with Crippen molar-refractivity contribution >= 4 is 17.4 Å². The molecule has 0 radical (unpaired) electrons. The van der Waals surface area contributed by atoms with Crippen molar-refractivity contribution in [3.63, 3.8) is 0 Å². The average Bonchev–Trinajstić information content (AvgIpc) is 2.35. The summed E-state index contributed by atoms with van der Waals surface area (Å²) in [6.45, 7) is 1.73. The number of benzene rings is 1. The van der Waals surface area contributed by atoms with E-state index in [1.807, 2.05) is 0 Å². The fraction of sp³-hybridized carbons (Fsp3) is 0.0769. The third-order valence-corrected chi connectivity index (χ3v) is 2.53. The Morgan fingerprint density at radius 1 is 1.33 bits per heavy atom. The molecule has 0 spiro atoms. The van der Waals surface area contributed by atoms with E-state index in [1.54, 1.807) is 37.3 Å². The first kappa shape index (κ1) is 11.9. The van der Waals surface area contributed by atoms with E-state index in [1.165, 1.54) is 6.20 Å². The lowest BCUT2D eigenvalue weighted by atomic mass is 10.1. The predicted octanol–water partition coefficient (Wildman–Crippen LogP) is 1.93. The molecule has 0 fully saturated rings. The highest BCUT2D eigenvalue weighted by atomic mass is 16.3. The van der Waals surface area contributed by atoms with Gasteiger partial charge in [-0.2, -0.15) is 0 Å². The van der Waals surface area contributed by atoms with E-state index in [9.17, 15) is 9.90 Å². The number of phenols is 1. The maximum Gasteiger partial charge on any atom is 0.259 e. The Balaban J connectivity index is 2.22. The Morgan fingerprint density at radius 2 is 2.11 bits per heavy atom. The molecule has 5 heteroatoms. The summed E-state index contributed by atoms with van der Waals surface area (Å²) in [5, 5.41) is 12.4. The number of aromatic hydroxyl groups is 1. The lowest BCUT2D eigenvalue weighted by molar-refractivity contribution is 0.102. The number of amides is 1. The molecule has 1 heterocycles. The molecule has 0 aliphatic carbocycles. The molecule has 1 amide bonds. The third-order valence-electron chi connectivity index (χ3n) is 2.53. The number of aryl methyl sites for hydroxylation is 1. The summed E-state index contributed by atoms with van der Waals surface area (Å²) < 4.78 is 0. The van der Waals surface area contributed by atoms with Crippen LogP contribution in [-0.2, 0) is 0 Å². The van der Waals surface area contributed by atoms with Crippen molar-refractivity contribution in [2.75, 3.05) is 11.1 Å². The summed E-state index contributed by atoms with van der Waals surface area (Å²) in [5.41, 5.74) is 6.85. The highest BCUT2D eigenvalue weighted by Crippen LogP contribution is 2.22. The molecule has 1 aromatic carbocycles. The fourth-order valence-electron chi connectivity index (χ4n) is 1.52. The fourth-order valence-corrected chi connectivity index (χ4v) is 1.52. The normalized spacial score (nSPS) is 10.1. The Morgan fingerprint density at radius 3 is 2.78 bits per heavy atom. The highest BCUT2D eigenvalue weighted by Gasteiger charge is 2.12. The largest absolute Gasteiger partial charge is 0.507 e. The minimum Gasteiger partial charge on any atom is -0.507 e. The Kier molecular flexibility index (Phi) is 3.14. The van der Waals surface area contributed by atoms with Crippen LogP contribution in [0.3, 0.4) is 0 Å². The minimum atomic E-state index is -0.386. The lowest BCUT2D eigenvalue weighted by Crippen LogP contribution is -2.12. The summed E-state index contributed by atoms with van der Waals surface area (Å²) in [6, 6.07) is 8.24. The molecule has 18 heavy (non-hydrogen) atoms. The van der Waals surface area contributed by atoms with Crippen LogP contribution < -0.4 is 11.1 Å². The number of nitrogens with two attached hydrogens (primary N) is 1. The van der Waals surface area contributed by atoms with Crippen LogP contribution in [0.2, 0.25) is 0 Å². The summed E-state index contributed by atoms with van der Waals surface area (Å²) in [4.78, 5) is 15.8. The van der Waals surface area contributed by atoms with Crippen LogP contribution in [0.25, 0.3) is 0 Å². The maximum absolute atomic E-state index is 11.9. The van der Waals surface area contributed by atoms with Gasteiger partial charge < -0.3 is 16.2 Å². The van der Waals surface area contributed by atoms with Crippen LogP contribution in [0.15, 0.2) is 36.5 Å². The van der Waals surface area contributed by atoms with Gasteiger partial charge in [0.2, 0.25) is 0 Å². The van der Waals surface area contributed by atoms with Crippen molar-refractivity contribution in [2.45, 2.75) is 6.92 Å². The molecule has 0 bridgehead atoms. The topological polar surface area (TPSA) is 88.2 Å². The van der Waals surface area contributed by atoms with Gasteiger partial charge in [0.1, 0.15) is 11.6 Å². The van der Waals surface area contributed by atoms with Crippen LogP contribution in [-0.4, -0.2) is 16.0 Å². The van der Waals surface area contributed by atoms with Crippen molar-refractivity contribution in [1.82, 2.24) is 4.98 Å². The van der Waals surface area contributed by atoms with E-state index >= 15 is 0 Å². The van der Waals surface area contributed by atoms with Gasteiger partial charge in [0, 0.05) is 0 Å². The quantitative estimate of drug-likeness (QED) is 0.752. The molecular formula is C13H13N3O2. The third kappa shape index (κ3) is 2.40. The second-order valence-corrected chi connectivity index (χ2v) is 3.90. The van der Waals surface area contributed by atoms with Gasteiger partial charge >= 0.3 is 0 Å². The summed E-state index contributed by atoms with van der Waals surface area (Å²) >= 11 is 0. The number of carbonyl (C=O) groups is 1. The molecule has 2 aromatic rings. The number of nitrogen functional groups attached to an aromatic ring is 1. The number of pyridine rings is 1. The van der Waals surface area contributed by atoms with Crippen LogP contribution in [0.4, 0.5) is 11.5 Å². The first-order valence-electron chi connectivity index (χ1n) is 5.39. The monoisotopic (exact) mass is 243 g/mol. The molecule has 0 aliphatic rings. The standard InChI is InChI=1S/C13H13N3O2/c1-8-3-2-4-10(12(8)17)13(18)16-9-5-6-11(14)15-7-9/h2-7,17H,1H3,(H2,14,15)(H,16,18). The number of carbonyl (C=O) groups excluding carboxylic acids is 1. The molecule has 92 valence electrons. The van der Waals surface area contributed by atoms with Crippen LogP contribution >= 0.6 is 0 Å². The number of phenolic OH excluding ortho intramolecular Hbond substituents is 1. The van der Waals surface area contributed by atoms with Gasteiger partial charge in [0.05, 0.1) is 17.4 Å². The van der Waals surface area contributed by atoms with E-state index in [0.29, 0.717) is 17.1 Å². The van der Waals surface area contributed by atoms with Crippen molar-refractivity contribution in [2.24, 2.45) is 0 Å². The van der Waals surface area contributed by atoms with Gasteiger partial charge in [0.15, 0.2) is 0 Å². The number of hydrogen-bond donors (Lipinski definition) is 3. The average molecular weight is 243 g/mol. The van der Waals surface area contributed by atoms with Crippen molar-refractivity contribution in [3.05, 3.63) is 47.7 Å². The zero-order valence-electron chi connectivity index (χ0n) is 9.84. The van der Waals surface area contributed by atoms with Gasteiger partial charge in [-0.3, -0.25) is 4.79 Å². The smallest absolute Gasteiger partial charge is 0.259 e. The molecule has 5 nitrogen and oxygen atoms in total. The van der Waals surface area contributed by atoms with E-state index in [2.05, 4.69) is 10.3 Å². The molecule has 1 aromatic heterocycles. The molecule has 0 unspecified atom stereocenters. The van der Waals surface area contributed by atoms with Crippen LogP contribution in [0.5, 0.6) is 5.75 Å². The number of hydrogen-bond acceptors (Lipinski definition) is 4. The second kappa shape index (κ2) is 4.75. The number of nitrogens with one attached hydrogen (secondary N) is 1. The predicted molar refractivity (Wildman–Crippen MR) is 69.4 cm³/mol. The Bertz CT molecular complexity index is 579. The molecule has 0 saturated carbocycles. The Hall–Kier alpha value is -2.56. The summed E-state index contributed by atoms with van der Waals surface area (Å²) in [7, 11) is 0.